The molecule has 1 aromatic heterocycles. The van der Waals surface area contributed by atoms with Gasteiger partial charge in [-0.2, -0.15) is 16.9 Å². The van der Waals surface area contributed by atoms with Gasteiger partial charge in [0.2, 0.25) is 0 Å². The summed E-state index contributed by atoms with van der Waals surface area (Å²) >= 11 is 2.20. The highest BCUT2D eigenvalue weighted by Crippen LogP contribution is 2.42. The van der Waals surface area contributed by atoms with Gasteiger partial charge in [0, 0.05) is 41.4 Å². The Kier molecular flexibility index (Phi) is 7.71. The van der Waals surface area contributed by atoms with Crippen LogP contribution in [-0.4, -0.2) is 51.2 Å². The van der Waals surface area contributed by atoms with Gasteiger partial charge in [-0.1, -0.05) is 19.3 Å². The van der Waals surface area contributed by atoms with E-state index in [1.54, 1.807) is 0 Å². The molecule has 2 heterocycles. The van der Waals surface area contributed by atoms with Crippen LogP contribution in [0.1, 0.15) is 50.3 Å². The lowest BCUT2D eigenvalue weighted by molar-refractivity contribution is 0.293. The number of hydrogen-bond donors (Lipinski definition) is 2. The zero-order valence-electron chi connectivity index (χ0n) is 14.8. The van der Waals surface area contributed by atoms with E-state index in [2.05, 4.69) is 46.0 Å². The molecule has 3 rings (SSSR count). The molecule has 1 aliphatic carbocycles. The molecule has 5 nitrogen and oxygen atoms in total. The third-order valence-corrected chi connectivity index (χ3v) is 6.52. The number of aryl methyl sites for hydroxylation is 1. The summed E-state index contributed by atoms with van der Waals surface area (Å²) in [4.78, 5) is 7.37. The lowest BCUT2D eigenvalue weighted by Crippen LogP contribution is -2.53. The number of aromatic nitrogens is 2. The first-order chi connectivity index (χ1) is 11.2. The average molecular weight is 463 g/mol. The van der Waals surface area contributed by atoms with Gasteiger partial charge in [-0.3, -0.25) is 5.10 Å². The lowest BCUT2D eigenvalue weighted by atomic mass is 9.87. The normalized spacial score (nSPS) is 20.8. The van der Waals surface area contributed by atoms with E-state index in [1.165, 1.54) is 43.4 Å². The fourth-order valence-electron chi connectivity index (χ4n) is 3.65. The Hall–Kier alpha value is -0.440. The quantitative estimate of drug-likeness (QED) is 0.409. The molecule has 0 unspecified atom stereocenters. The maximum atomic E-state index is 4.88. The Labute approximate surface area is 166 Å². The van der Waals surface area contributed by atoms with Gasteiger partial charge in [0.25, 0.3) is 0 Å². The molecule has 0 atom stereocenters. The average Bonchev–Trinajstić information content (AvgIpc) is 2.97. The van der Waals surface area contributed by atoms with E-state index in [-0.39, 0.29) is 24.0 Å². The van der Waals surface area contributed by atoms with Crippen LogP contribution in [-0.2, 0) is 6.54 Å². The monoisotopic (exact) mass is 463 g/mol. The molecule has 7 heteroatoms. The van der Waals surface area contributed by atoms with Crippen LogP contribution in [0.4, 0.5) is 0 Å². The van der Waals surface area contributed by atoms with Crippen molar-refractivity contribution in [2.75, 3.05) is 25.4 Å². The molecule has 24 heavy (non-hydrogen) atoms. The zero-order chi connectivity index (χ0) is 16.1. The van der Waals surface area contributed by atoms with E-state index < -0.39 is 0 Å². The lowest BCUT2D eigenvalue weighted by Gasteiger charge is -2.45. The summed E-state index contributed by atoms with van der Waals surface area (Å²) < 4.78 is 0.470. The van der Waals surface area contributed by atoms with Crippen LogP contribution >= 0.6 is 35.7 Å². The summed E-state index contributed by atoms with van der Waals surface area (Å²) in [5.74, 6) is 2.29. The van der Waals surface area contributed by atoms with E-state index in [4.69, 9.17) is 4.99 Å². The van der Waals surface area contributed by atoms with Gasteiger partial charge >= 0.3 is 0 Å². The number of rotatable bonds is 3. The van der Waals surface area contributed by atoms with Crippen molar-refractivity contribution in [2.45, 2.75) is 57.2 Å². The van der Waals surface area contributed by atoms with Crippen molar-refractivity contribution in [3.63, 3.8) is 0 Å². The topological polar surface area (TPSA) is 56.3 Å². The Balaban J connectivity index is 0.00000208. The molecule has 1 saturated heterocycles. The molecule has 2 aliphatic rings. The Morgan fingerprint density at radius 3 is 2.88 bits per heavy atom. The number of hydrogen-bond acceptors (Lipinski definition) is 3. The summed E-state index contributed by atoms with van der Waals surface area (Å²) in [5, 5.41) is 10.6. The summed E-state index contributed by atoms with van der Waals surface area (Å²) in [6, 6.07) is 0. The highest BCUT2D eigenvalue weighted by molar-refractivity contribution is 14.0. The standard InChI is InChI=1S/C17H29N5S.HI/c1-3-18-16(19-11-15-12-20-21-14(15)2)22-9-10-23-17(13-22)7-5-4-6-8-17;/h12H,3-11,13H2,1-2H3,(H,18,19)(H,20,21);1H. The molecular formula is C17H30IN5S. The van der Waals surface area contributed by atoms with Gasteiger partial charge in [0.1, 0.15) is 0 Å². The first-order valence-electron chi connectivity index (χ1n) is 8.88. The van der Waals surface area contributed by atoms with Gasteiger partial charge in [0.05, 0.1) is 12.7 Å². The third kappa shape index (κ3) is 4.80. The Morgan fingerprint density at radius 1 is 1.42 bits per heavy atom. The smallest absolute Gasteiger partial charge is 0.194 e. The van der Waals surface area contributed by atoms with E-state index in [9.17, 15) is 0 Å². The minimum absolute atomic E-state index is 0. The van der Waals surface area contributed by atoms with Crippen LogP contribution in [0, 0.1) is 6.92 Å². The first-order valence-corrected chi connectivity index (χ1v) is 9.87. The van der Waals surface area contributed by atoms with Crippen LogP contribution in [0.5, 0.6) is 0 Å². The number of nitrogens with zero attached hydrogens (tertiary/aromatic N) is 3. The predicted octanol–water partition coefficient (Wildman–Crippen LogP) is 3.55. The summed E-state index contributed by atoms with van der Waals surface area (Å²) in [7, 11) is 0. The van der Waals surface area contributed by atoms with Gasteiger partial charge in [-0.25, -0.2) is 4.99 Å². The van der Waals surface area contributed by atoms with Crippen LogP contribution in [0.2, 0.25) is 0 Å². The van der Waals surface area contributed by atoms with Crippen molar-refractivity contribution in [2.24, 2.45) is 4.99 Å². The number of halogens is 1. The SMILES string of the molecule is CCNC(=NCc1cn[nH]c1C)N1CCSC2(CCCCC2)C1.I. The molecule has 0 bridgehead atoms. The molecular weight excluding hydrogens is 433 g/mol. The summed E-state index contributed by atoms with van der Waals surface area (Å²) in [6.07, 6.45) is 8.82. The highest BCUT2D eigenvalue weighted by Gasteiger charge is 2.38. The van der Waals surface area contributed by atoms with Crippen molar-refractivity contribution in [3.8, 4) is 0 Å². The molecule has 2 N–H and O–H groups in total. The second-order valence-electron chi connectivity index (χ2n) is 6.70. The molecule has 1 aliphatic heterocycles. The molecule has 1 spiro atoms. The molecule has 1 aromatic rings. The van der Waals surface area contributed by atoms with Crippen LogP contribution in [0.3, 0.4) is 0 Å². The molecule has 0 aromatic carbocycles. The van der Waals surface area contributed by atoms with Crippen LogP contribution in [0.25, 0.3) is 0 Å². The molecule has 2 fully saturated rings. The maximum Gasteiger partial charge on any atom is 0.194 e. The van der Waals surface area contributed by atoms with Gasteiger partial charge in [-0.05, 0) is 26.7 Å². The number of H-pyrrole nitrogens is 1. The number of nitrogens with one attached hydrogen (secondary N) is 2. The van der Waals surface area contributed by atoms with E-state index in [0.29, 0.717) is 11.3 Å². The fraction of sp³-hybridized carbons (Fsp3) is 0.765. The Morgan fingerprint density at radius 2 is 2.21 bits per heavy atom. The second-order valence-corrected chi connectivity index (χ2v) is 8.27. The molecule has 0 amide bonds. The summed E-state index contributed by atoms with van der Waals surface area (Å²) in [5.41, 5.74) is 2.29. The predicted molar refractivity (Wildman–Crippen MR) is 113 cm³/mol. The Bertz CT molecular complexity index is 533. The van der Waals surface area contributed by atoms with Crippen molar-refractivity contribution in [3.05, 3.63) is 17.5 Å². The fourth-order valence-corrected chi connectivity index (χ4v) is 5.21. The second kappa shape index (κ2) is 9.31. The van der Waals surface area contributed by atoms with Crippen LogP contribution < -0.4 is 5.32 Å². The van der Waals surface area contributed by atoms with E-state index in [1.807, 2.05) is 6.20 Å². The van der Waals surface area contributed by atoms with Crippen molar-refractivity contribution >= 4 is 41.7 Å². The number of aromatic amines is 1. The molecule has 1 saturated carbocycles. The van der Waals surface area contributed by atoms with Gasteiger partial charge < -0.3 is 10.2 Å². The first kappa shape index (κ1) is 19.9. The summed E-state index contributed by atoms with van der Waals surface area (Å²) in [6.45, 7) is 8.06. The van der Waals surface area contributed by atoms with E-state index >= 15 is 0 Å². The maximum absolute atomic E-state index is 4.88. The van der Waals surface area contributed by atoms with Gasteiger partial charge in [-0.15, -0.1) is 24.0 Å². The number of thioether (sulfide) groups is 1. The highest BCUT2D eigenvalue weighted by atomic mass is 127. The van der Waals surface area contributed by atoms with Crippen molar-refractivity contribution < 1.29 is 0 Å². The van der Waals surface area contributed by atoms with Crippen LogP contribution in [0.15, 0.2) is 11.2 Å². The largest absolute Gasteiger partial charge is 0.357 e. The zero-order valence-corrected chi connectivity index (χ0v) is 18.0. The molecule has 136 valence electrons. The van der Waals surface area contributed by atoms with Crippen molar-refractivity contribution in [1.82, 2.24) is 20.4 Å². The minimum atomic E-state index is 0. The number of aliphatic imine (C=N–C) groups is 1. The third-order valence-electron chi connectivity index (χ3n) is 4.98. The number of guanidine groups is 1. The minimum Gasteiger partial charge on any atom is -0.357 e. The molecule has 0 radical (unpaired) electrons. The van der Waals surface area contributed by atoms with Crippen molar-refractivity contribution in [1.29, 1.82) is 0 Å². The van der Waals surface area contributed by atoms with Gasteiger partial charge in [0.15, 0.2) is 5.96 Å². The van der Waals surface area contributed by atoms with E-state index in [0.717, 1.165) is 31.3 Å².